The molecule has 9 heteroatoms. The molecular weight excluding hydrogens is 438 g/mol. The van der Waals surface area contributed by atoms with E-state index in [1.54, 1.807) is 12.1 Å². The van der Waals surface area contributed by atoms with Crippen LogP contribution in [0.15, 0.2) is 54.0 Å². The van der Waals surface area contributed by atoms with Crippen LogP contribution in [0.4, 0.5) is 5.69 Å². The third-order valence-corrected chi connectivity index (χ3v) is 5.28. The number of ether oxygens (including phenoxy) is 2. The van der Waals surface area contributed by atoms with E-state index in [1.807, 2.05) is 17.5 Å². The van der Waals surface area contributed by atoms with Gasteiger partial charge in [0.25, 0.3) is 0 Å². The SMILES string of the molecule is COC(=O)c1cc(NC=C(C#N)c2nc(-c3ccc(Cl)cc3)cs2)cc(C(=O)OC)c1. The van der Waals surface area contributed by atoms with Crippen LogP contribution in [-0.4, -0.2) is 31.1 Å². The highest BCUT2D eigenvalue weighted by Crippen LogP contribution is 2.27. The van der Waals surface area contributed by atoms with Crippen molar-refractivity contribution in [1.82, 2.24) is 4.98 Å². The second kappa shape index (κ2) is 9.89. The number of rotatable bonds is 6. The maximum absolute atomic E-state index is 11.9. The van der Waals surface area contributed by atoms with E-state index in [0.29, 0.717) is 15.7 Å². The summed E-state index contributed by atoms with van der Waals surface area (Å²) in [6.45, 7) is 0. The molecule has 0 saturated carbocycles. The van der Waals surface area contributed by atoms with Crippen molar-refractivity contribution in [1.29, 1.82) is 5.26 Å². The fraction of sp³-hybridized carbons (Fsp3) is 0.0909. The summed E-state index contributed by atoms with van der Waals surface area (Å²) in [5.74, 6) is -1.21. The highest BCUT2D eigenvalue weighted by atomic mass is 35.5. The smallest absolute Gasteiger partial charge is 0.337 e. The van der Waals surface area contributed by atoms with E-state index in [2.05, 4.69) is 16.4 Å². The Morgan fingerprint density at radius 3 is 2.26 bits per heavy atom. The molecule has 7 nitrogen and oxygen atoms in total. The molecule has 0 aliphatic heterocycles. The topological polar surface area (TPSA) is 101 Å². The number of halogens is 1. The van der Waals surface area contributed by atoms with Crippen LogP contribution in [0.2, 0.25) is 5.02 Å². The maximum atomic E-state index is 11.9. The molecule has 3 aromatic rings. The number of nitrogens with zero attached hydrogens (tertiary/aromatic N) is 2. The number of esters is 2. The number of carbonyl (C=O) groups is 2. The quantitative estimate of drug-likeness (QED) is 0.413. The average Bonchev–Trinajstić information content (AvgIpc) is 3.28. The van der Waals surface area contributed by atoms with Crippen molar-refractivity contribution in [3.8, 4) is 17.3 Å². The van der Waals surface area contributed by atoms with E-state index in [9.17, 15) is 14.9 Å². The fourth-order valence-corrected chi connectivity index (χ4v) is 3.55. The first-order valence-corrected chi connectivity index (χ1v) is 10.1. The number of methoxy groups -OCH3 is 2. The Balaban J connectivity index is 1.89. The van der Waals surface area contributed by atoms with Crippen LogP contribution in [0.1, 0.15) is 25.7 Å². The monoisotopic (exact) mass is 453 g/mol. The van der Waals surface area contributed by atoms with Gasteiger partial charge in [0.1, 0.15) is 16.6 Å². The standard InChI is InChI=1S/C22H16ClN3O4S/c1-29-21(27)14-7-15(22(28)30-2)9-18(8-14)25-11-16(10-24)20-26-19(12-31-20)13-3-5-17(23)6-4-13/h3-9,11-12,25H,1-2H3. The van der Waals surface area contributed by atoms with Gasteiger partial charge >= 0.3 is 11.9 Å². The molecule has 156 valence electrons. The first-order chi connectivity index (χ1) is 14.9. The molecule has 1 aromatic heterocycles. The molecule has 0 radical (unpaired) electrons. The summed E-state index contributed by atoms with van der Waals surface area (Å²) in [4.78, 5) is 28.3. The second-order valence-electron chi connectivity index (χ2n) is 6.14. The summed E-state index contributed by atoms with van der Waals surface area (Å²) in [6.07, 6.45) is 1.46. The Bertz CT molecular complexity index is 1160. The number of aromatic nitrogens is 1. The van der Waals surface area contributed by atoms with Crippen molar-refractivity contribution >= 4 is 46.1 Å². The fourth-order valence-electron chi connectivity index (χ4n) is 2.63. The van der Waals surface area contributed by atoms with Crippen LogP contribution < -0.4 is 5.32 Å². The number of carbonyl (C=O) groups excluding carboxylic acids is 2. The van der Waals surface area contributed by atoms with Crippen molar-refractivity contribution < 1.29 is 19.1 Å². The maximum Gasteiger partial charge on any atom is 0.337 e. The van der Waals surface area contributed by atoms with Crippen LogP contribution in [-0.2, 0) is 9.47 Å². The van der Waals surface area contributed by atoms with Gasteiger partial charge in [-0.1, -0.05) is 23.7 Å². The molecule has 0 spiro atoms. The lowest BCUT2D eigenvalue weighted by Gasteiger charge is -2.08. The van der Waals surface area contributed by atoms with Gasteiger partial charge in [0.2, 0.25) is 0 Å². The first kappa shape index (κ1) is 22.0. The molecule has 31 heavy (non-hydrogen) atoms. The summed E-state index contributed by atoms with van der Waals surface area (Å²) in [7, 11) is 2.49. The van der Waals surface area contributed by atoms with Gasteiger partial charge in [0.15, 0.2) is 0 Å². The van der Waals surface area contributed by atoms with Gasteiger partial charge < -0.3 is 14.8 Å². The van der Waals surface area contributed by atoms with Crippen LogP contribution in [0.3, 0.4) is 0 Å². The molecular formula is C22H16ClN3O4S. The Morgan fingerprint density at radius 1 is 1.10 bits per heavy atom. The van der Waals surface area contributed by atoms with Gasteiger partial charge in [-0.2, -0.15) is 5.26 Å². The normalized spacial score (nSPS) is 10.8. The van der Waals surface area contributed by atoms with E-state index < -0.39 is 11.9 Å². The Hall–Kier alpha value is -3.67. The highest BCUT2D eigenvalue weighted by Gasteiger charge is 2.14. The van der Waals surface area contributed by atoms with E-state index in [4.69, 9.17) is 21.1 Å². The Labute approximate surface area is 187 Å². The number of thiazole rings is 1. The minimum atomic E-state index is -0.606. The summed E-state index contributed by atoms with van der Waals surface area (Å²) in [5, 5.41) is 15.5. The minimum absolute atomic E-state index is 0.166. The van der Waals surface area contributed by atoms with Crippen molar-refractivity contribution in [2.24, 2.45) is 0 Å². The van der Waals surface area contributed by atoms with Gasteiger partial charge in [-0.15, -0.1) is 11.3 Å². The van der Waals surface area contributed by atoms with Crippen LogP contribution in [0.25, 0.3) is 16.8 Å². The number of anilines is 1. The first-order valence-electron chi connectivity index (χ1n) is 8.85. The van der Waals surface area contributed by atoms with Crippen LogP contribution in [0.5, 0.6) is 0 Å². The van der Waals surface area contributed by atoms with Crippen molar-refractivity contribution in [3.63, 3.8) is 0 Å². The third kappa shape index (κ3) is 5.28. The Morgan fingerprint density at radius 2 is 1.71 bits per heavy atom. The molecule has 1 heterocycles. The third-order valence-electron chi connectivity index (χ3n) is 4.15. The lowest BCUT2D eigenvalue weighted by molar-refractivity contribution is 0.0599. The summed E-state index contributed by atoms with van der Waals surface area (Å²) >= 11 is 7.24. The summed E-state index contributed by atoms with van der Waals surface area (Å²) < 4.78 is 9.45. The van der Waals surface area contributed by atoms with Crippen LogP contribution in [0, 0.1) is 11.3 Å². The predicted octanol–water partition coefficient (Wildman–Crippen LogP) is 5.01. The van der Waals surface area contributed by atoms with Gasteiger partial charge in [-0.25, -0.2) is 14.6 Å². The Kier molecular flexibility index (Phi) is 7.03. The van der Waals surface area contributed by atoms with Crippen molar-refractivity contribution in [2.45, 2.75) is 0 Å². The molecule has 0 atom stereocenters. The molecule has 1 N–H and O–H groups in total. The minimum Gasteiger partial charge on any atom is -0.465 e. The molecule has 0 amide bonds. The van der Waals surface area contributed by atoms with E-state index >= 15 is 0 Å². The number of nitriles is 1. The predicted molar refractivity (Wildman–Crippen MR) is 119 cm³/mol. The van der Waals surface area contributed by atoms with Gasteiger partial charge in [-0.05, 0) is 30.3 Å². The van der Waals surface area contributed by atoms with Crippen molar-refractivity contribution in [2.75, 3.05) is 19.5 Å². The molecule has 0 saturated heterocycles. The van der Waals surface area contributed by atoms with E-state index in [1.165, 1.54) is 50.0 Å². The number of allylic oxidation sites excluding steroid dienone is 1. The summed E-state index contributed by atoms with van der Waals surface area (Å²) in [6, 6.07) is 13.7. The van der Waals surface area contributed by atoms with E-state index in [-0.39, 0.29) is 16.7 Å². The molecule has 3 rings (SSSR count). The lowest BCUT2D eigenvalue weighted by Crippen LogP contribution is -2.07. The molecule has 0 bridgehead atoms. The summed E-state index contributed by atoms with van der Waals surface area (Å²) in [5.41, 5.74) is 2.63. The lowest BCUT2D eigenvalue weighted by atomic mass is 10.1. The van der Waals surface area contributed by atoms with Gasteiger partial charge in [0.05, 0.1) is 31.0 Å². The molecule has 2 aromatic carbocycles. The molecule has 0 aliphatic carbocycles. The van der Waals surface area contributed by atoms with E-state index in [0.717, 1.165) is 11.3 Å². The molecule has 0 unspecified atom stereocenters. The number of hydrogen-bond donors (Lipinski definition) is 1. The molecule has 0 fully saturated rings. The number of nitrogens with one attached hydrogen (secondary N) is 1. The number of benzene rings is 2. The highest BCUT2D eigenvalue weighted by molar-refractivity contribution is 7.11. The molecule has 0 aliphatic rings. The average molecular weight is 454 g/mol. The van der Waals surface area contributed by atoms with Crippen LogP contribution >= 0.6 is 22.9 Å². The second-order valence-corrected chi connectivity index (χ2v) is 7.44. The van der Waals surface area contributed by atoms with Gasteiger partial charge in [0, 0.05) is 27.9 Å². The number of hydrogen-bond acceptors (Lipinski definition) is 8. The van der Waals surface area contributed by atoms with Gasteiger partial charge in [-0.3, -0.25) is 0 Å². The zero-order valence-electron chi connectivity index (χ0n) is 16.5. The largest absolute Gasteiger partial charge is 0.465 e. The zero-order chi connectivity index (χ0) is 22.4. The van der Waals surface area contributed by atoms with Crippen molar-refractivity contribution in [3.05, 3.63) is 75.2 Å². The zero-order valence-corrected chi connectivity index (χ0v) is 18.1.